The quantitative estimate of drug-likeness (QED) is 0.601. The Balaban J connectivity index is 1.38. The fraction of sp³-hybridized carbons (Fsp3) is 0.292. The van der Waals surface area contributed by atoms with Gasteiger partial charge in [-0.3, -0.25) is 4.79 Å². The van der Waals surface area contributed by atoms with E-state index in [2.05, 4.69) is 11.0 Å². The van der Waals surface area contributed by atoms with Crippen LogP contribution < -0.4 is 15.5 Å². The van der Waals surface area contributed by atoms with Gasteiger partial charge in [0.1, 0.15) is 22.1 Å². The minimum Gasteiger partial charge on any atom is -0.398 e. The molecule has 1 fully saturated rings. The van der Waals surface area contributed by atoms with E-state index in [9.17, 15) is 14.4 Å². The Morgan fingerprint density at radius 1 is 1.16 bits per heavy atom. The predicted molar refractivity (Wildman–Crippen MR) is 125 cm³/mol. The normalized spacial score (nSPS) is 18.4. The van der Waals surface area contributed by atoms with E-state index < -0.39 is 6.17 Å². The molecule has 162 valence electrons. The van der Waals surface area contributed by atoms with Crippen LogP contribution in [0, 0.1) is 11.3 Å². The highest BCUT2D eigenvalue weighted by atomic mass is 32.1. The molecule has 2 aromatic carbocycles. The molecule has 0 spiro atoms. The van der Waals surface area contributed by atoms with Crippen LogP contribution in [0.4, 0.5) is 21.5 Å². The number of rotatable bonds is 3. The fourth-order valence-electron chi connectivity index (χ4n) is 4.28. The number of thiazole rings is 1. The molecule has 0 saturated carbocycles. The van der Waals surface area contributed by atoms with Crippen molar-refractivity contribution < 1.29 is 9.18 Å². The minimum atomic E-state index is -0.770. The molecule has 1 aromatic heterocycles. The van der Waals surface area contributed by atoms with Crippen molar-refractivity contribution in [1.29, 1.82) is 5.26 Å². The summed E-state index contributed by atoms with van der Waals surface area (Å²) in [7, 11) is 0. The predicted octanol–water partition coefficient (Wildman–Crippen LogP) is 4.41. The Bertz CT molecular complexity index is 1220. The van der Waals surface area contributed by atoms with Crippen LogP contribution >= 0.6 is 11.3 Å². The Kier molecular flexibility index (Phi) is 5.27. The van der Waals surface area contributed by atoms with E-state index in [0.29, 0.717) is 47.7 Å². The molecule has 3 heterocycles. The summed E-state index contributed by atoms with van der Waals surface area (Å²) >= 11 is 1.38. The zero-order valence-corrected chi connectivity index (χ0v) is 18.2. The standard InChI is InChI=1S/C24H22FN5OS/c25-17-2-1-10-29(14-17)18-5-3-15(4-6-18)23-28-21-9-11-30(24(31)22(21)32-23)19-7-8-20(27)16(12-19)13-26/h3-8,12,17H,1-2,9-11,14,27H2/t17-/m1/s1. The summed E-state index contributed by atoms with van der Waals surface area (Å²) in [5.74, 6) is -0.109. The van der Waals surface area contributed by atoms with E-state index in [1.165, 1.54) is 11.3 Å². The Morgan fingerprint density at radius 3 is 2.69 bits per heavy atom. The maximum absolute atomic E-state index is 13.7. The third-order valence-electron chi connectivity index (χ3n) is 6.02. The van der Waals surface area contributed by atoms with Crippen molar-refractivity contribution in [1.82, 2.24) is 4.98 Å². The second-order valence-electron chi connectivity index (χ2n) is 8.12. The molecule has 3 aromatic rings. The zero-order chi connectivity index (χ0) is 22.2. The van der Waals surface area contributed by atoms with Crippen molar-refractivity contribution in [2.75, 3.05) is 35.2 Å². The number of anilines is 3. The zero-order valence-electron chi connectivity index (χ0n) is 17.4. The van der Waals surface area contributed by atoms with Crippen LogP contribution in [0.25, 0.3) is 10.6 Å². The minimum absolute atomic E-state index is 0.109. The number of nitrogens with zero attached hydrogens (tertiary/aromatic N) is 4. The maximum atomic E-state index is 13.7. The summed E-state index contributed by atoms with van der Waals surface area (Å²) in [6.45, 7) is 1.81. The lowest BCUT2D eigenvalue weighted by Gasteiger charge is -2.31. The van der Waals surface area contributed by atoms with Gasteiger partial charge in [-0.15, -0.1) is 11.3 Å². The molecule has 2 aliphatic rings. The molecule has 0 unspecified atom stereocenters. The number of amides is 1. The van der Waals surface area contributed by atoms with Crippen molar-refractivity contribution in [2.24, 2.45) is 0 Å². The van der Waals surface area contributed by atoms with Gasteiger partial charge in [0.2, 0.25) is 0 Å². The number of nitriles is 1. The van der Waals surface area contributed by atoms with E-state index in [4.69, 9.17) is 10.7 Å². The van der Waals surface area contributed by atoms with Gasteiger partial charge in [0, 0.05) is 48.7 Å². The number of hydrogen-bond donors (Lipinski definition) is 1. The monoisotopic (exact) mass is 447 g/mol. The Labute approximate surface area is 189 Å². The third kappa shape index (κ3) is 3.69. The summed E-state index contributed by atoms with van der Waals surface area (Å²) in [6.07, 6.45) is 1.38. The lowest BCUT2D eigenvalue weighted by Crippen LogP contribution is -2.37. The summed E-state index contributed by atoms with van der Waals surface area (Å²) in [6, 6.07) is 15.1. The van der Waals surface area contributed by atoms with Gasteiger partial charge in [-0.05, 0) is 55.3 Å². The summed E-state index contributed by atoms with van der Waals surface area (Å²) in [5.41, 5.74) is 10.0. The van der Waals surface area contributed by atoms with Crippen LogP contribution in [0.5, 0.6) is 0 Å². The van der Waals surface area contributed by atoms with Crippen molar-refractivity contribution >= 4 is 34.3 Å². The van der Waals surface area contributed by atoms with E-state index in [0.717, 1.165) is 34.9 Å². The number of halogens is 1. The number of carbonyl (C=O) groups is 1. The topological polar surface area (TPSA) is 86.2 Å². The van der Waals surface area contributed by atoms with Gasteiger partial charge in [-0.25, -0.2) is 9.37 Å². The molecule has 5 rings (SSSR count). The number of alkyl halides is 1. The van der Waals surface area contributed by atoms with Crippen LogP contribution in [-0.4, -0.2) is 36.7 Å². The molecule has 0 aliphatic carbocycles. The lowest BCUT2D eigenvalue weighted by molar-refractivity contribution is 0.0984. The van der Waals surface area contributed by atoms with Gasteiger partial charge in [-0.2, -0.15) is 5.26 Å². The lowest BCUT2D eigenvalue weighted by atomic mass is 10.1. The summed E-state index contributed by atoms with van der Waals surface area (Å²) < 4.78 is 13.7. The van der Waals surface area contributed by atoms with E-state index in [1.807, 2.05) is 24.3 Å². The van der Waals surface area contributed by atoms with Gasteiger partial charge in [0.05, 0.1) is 11.3 Å². The number of carbonyl (C=O) groups excluding carboxylic acids is 1. The highest BCUT2D eigenvalue weighted by Gasteiger charge is 2.30. The number of aromatic nitrogens is 1. The number of nitrogens with two attached hydrogens (primary N) is 1. The molecule has 2 aliphatic heterocycles. The first kappa shape index (κ1) is 20.5. The molecule has 1 saturated heterocycles. The van der Waals surface area contributed by atoms with Crippen molar-refractivity contribution in [3.63, 3.8) is 0 Å². The molecule has 6 nitrogen and oxygen atoms in total. The molecule has 2 N–H and O–H groups in total. The van der Waals surface area contributed by atoms with Crippen molar-refractivity contribution in [3.8, 4) is 16.6 Å². The van der Waals surface area contributed by atoms with E-state index in [-0.39, 0.29) is 5.91 Å². The van der Waals surface area contributed by atoms with E-state index >= 15 is 0 Å². The van der Waals surface area contributed by atoms with Crippen LogP contribution in [0.2, 0.25) is 0 Å². The number of benzene rings is 2. The fourth-order valence-corrected chi connectivity index (χ4v) is 5.35. The van der Waals surface area contributed by atoms with Crippen molar-refractivity contribution in [2.45, 2.75) is 25.4 Å². The van der Waals surface area contributed by atoms with Gasteiger partial charge in [0.15, 0.2) is 0 Å². The molecule has 0 bridgehead atoms. The van der Waals surface area contributed by atoms with Crippen LogP contribution in [0.1, 0.15) is 33.8 Å². The third-order valence-corrected chi connectivity index (χ3v) is 7.16. The smallest absolute Gasteiger partial charge is 0.270 e. The summed E-state index contributed by atoms with van der Waals surface area (Å²) in [5, 5.41) is 10.0. The van der Waals surface area contributed by atoms with Crippen molar-refractivity contribution in [3.05, 3.63) is 58.6 Å². The Morgan fingerprint density at radius 2 is 1.94 bits per heavy atom. The molecular formula is C24H22FN5OS. The molecule has 32 heavy (non-hydrogen) atoms. The highest BCUT2D eigenvalue weighted by Crippen LogP contribution is 2.35. The average Bonchev–Trinajstić information content (AvgIpc) is 3.25. The van der Waals surface area contributed by atoms with E-state index in [1.54, 1.807) is 23.1 Å². The second-order valence-corrected chi connectivity index (χ2v) is 9.12. The number of hydrogen-bond acceptors (Lipinski definition) is 6. The second kappa shape index (κ2) is 8.24. The van der Waals surface area contributed by atoms with Gasteiger partial charge in [-0.1, -0.05) is 0 Å². The first-order valence-electron chi connectivity index (χ1n) is 10.6. The van der Waals surface area contributed by atoms with Crippen LogP contribution in [-0.2, 0) is 6.42 Å². The molecule has 8 heteroatoms. The molecule has 1 atom stereocenters. The number of nitrogen functional groups attached to an aromatic ring is 1. The molecule has 1 amide bonds. The van der Waals surface area contributed by atoms with Crippen LogP contribution in [0.3, 0.4) is 0 Å². The molecular weight excluding hydrogens is 425 g/mol. The first-order valence-corrected chi connectivity index (χ1v) is 11.5. The average molecular weight is 448 g/mol. The molecule has 0 radical (unpaired) electrons. The van der Waals surface area contributed by atoms with Gasteiger partial charge < -0.3 is 15.5 Å². The SMILES string of the molecule is N#Cc1cc(N2CCc3nc(-c4ccc(N5CCC[C@@H](F)C5)cc4)sc3C2=O)ccc1N. The summed E-state index contributed by atoms with van der Waals surface area (Å²) in [4.78, 5) is 22.3. The largest absolute Gasteiger partial charge is 0.398 e. The highest BCUT2D eigenvalue weighted by molar-refractivity contribution is 7.17. The maximum Gasteiger partial charge on any atom is 0.270 e. The first-order chi connectivity index (χ1) is 15.5. The Hall–Kier alpha value is -3.44. The number of fused-ring (bicyclic) bond motifs is 1. The van der Waals surface area contributed by atoms with Crippen LogP contribution in [0.15, 0.2) is 42.5 Å². The van der Waals surface area contributed by atoms with Gasteiger partial charge in [0.25, 0.3) is 5.91 Å². The number of piperidine rings is 1. The van der Waals surface area contributed by atoms with Gasteiger partial charge >= 0.3 is 0 Å².